The lowest BCUT2D eigenvalue weighted by molar-refractivity contribution is -0.203. The Balaban J connectivity index is 1.35. The molecule has 2 aromatic carbocycles. The van der Waals surface area contributed by atoms with E-state index in [0.717, 1.165) is 43.4 Å². The molecule has 0 amide bonds. The zero-order valence-electron chi connectivity index (χ0n) is 24.6. The Kier molecular flexibility index (Phi) is 8.98. The molecular weight excluding hydrogens is 613 g/mol. The van der Waals surface area contributed by atoms with Gasteiger partial charge in [0.2, 0.25) is 0 Å². The van der Waals surface area contributed by atoms with Crippen LogP contribution in [0.25, 0.3) is 16.1 Å². The number of ether oxygens (including phenoxy) is 3. The number of benzene rings is 2. The molecule has 0 N–H and O–H groups in total. The lowest BCUT2D eigenvalue weighted by Crippen LogP contribution is -2.29. The van der Waals surface area contributed by atoms with Crippen LogP contribution in [0.15, 0.2) is 53.5 Å². The fourth-order valence-electron chi connectivity index (χ4n) is 4.82. The van der Waals surface area contributed by atoms with E-state index in [0.29, 0.717) is 17.2 Å². The summed E-state index contributed by atoms with van der Waals surface area (Å²) in [5, 5.41) is 9.59. The number of aromatic nitrogens is 3. The van der Waals surface area contributed by atoms with Crippen LogP contribution in [0, 0.1) is 20.8 Å². The third-order valence-corrected chi connectivity index (χ3v) is 8.39. The second-order valence-corrected chi connectivity index (χ2v) is 11.4. The number of fused-ring (bicyclic) bond motifs is 3. The topological polar surface area (TPSA) is 122 Å². The maximum atomic E-state index is 12.3. The molecule has 0 aliphatic carbocycles. The highest BCUT2D eigenvalue weighted by molar-refractivity contribution is 7.15. The SMILES string of the molecule is COC(=O)C[C@@H]1N=C(c2ccc(-c3ccc(COCC(=O)OC(=O)C(F)(F)F)cc3)cc2)c2c(sc(C)c2C)-n2c(C)nnc21. The number of esters is 3. The van der Waals surface area contributed by atoms with Crippen molar-refractivity contribution in [1.29, 1.82) is 0 Å². The van der Waals surface area contributed by atoms with Crippen LogP contribution in [-0.2, 0) is 35.2 Å². The number of hydrogen-bond donors (Lipinski definition) is 0. The second-order valence-electron chi connectivity index (χ2n) is 10.2. The summed E-state index contributed by atoms with van der Waals surface area (Å²) in [5.41, 5.74) is 6.08. The minimum Gasteiger partial charge on any atom is -0.469 e. The van der Waals surface area contributed by atoms with Crippen LogP contribution in [0.3, 0.4) is 0 Å². The molecule has 4 aromatic rings. The van der Waals surface area contributed by atoms with Crippen LogP contribution in [-0.4, -0.2) is 58.3 Å². The van der Waals surface area contributed by atoms with Crippen LogP contribution >= 0.6 is 11.3 Å². The number of rotatable bonds is 8. The van der Waals surface area contributed by atoms with E-state index in [9.17, 15) is 27.6 Å². The molecule has 1 atom stereocenters. The predicted octanol–water partition coefficient (Wildman–Crippen LogP) is 5.52. The van der Waals surface area contributed by atoms with Crippen molar-refractivity contribution in [2.75, 3.05) is 13.7 Å². The predicted molar refractivity (Wildman–Crippen MR) is 157 cm³/mol. The number of methoxy groups -OCH3 is 1. The molecule has 0 saturated heterocycles. The van der Waals surface area contributed by atoms with E-state index in [1.54, 1.807) is 23.5 Å². The molecule has 0 radical (unpaired) electrons. The number of aryl methyl sites for hydroxylation is 2. The molecule has 0 bridgehead atoms. The highest BCUT2D eigenvalue weighted by Gasteiger charge is 2.42. The van der Waals surface area contributed by atoms with Gasteiger partial charge in [-0.1, -0.05) is 48.5 Å². The zero-order chi connectivity index (χ0) is 32.5. The summed E-state index contributed by atoms with van der Waals surface area (Å²) in [6, 6.07) is 14.4. The van der Waals surface area contributed by atoms with Gasteiger partial charge in [0.25, 0.3) is 0 Å². The standard InChI is InChI=1S/C31H27F3N4O6S/c1-16-17(2)45-29-26(16)27(35-23(13-24(39)42-4)28-37-36-18(3)38(28)29)22-11-9-21(10-12-22)20-7-5-19(6-8-20)14-43-15-25(40)44-30(41)31(32,33)34/h5-12,23H,13-15H2,1-4H3/t23-/m0/s1. The molecule has 234 valence electrons. The Morgan fingerprint density at radius 3 is 2.16 bits per heavy atom. The van der Waals surface area contributed by atoms with Gasteiger partial charge >= 0.3 is 24.1 Å². The van der Waals surface area contributed by atoms with Gasteiger partial charge in [-0.15, -0.1) is 21.5 Å². The summed E-state index contributed by atoms with van der Waals surface area (Å²) in [7, 11) is 1.34. The second kappa shape index (κ2) is 12.7. The third kappa shape index (κ3) is 6.71. The van der Waals surface area contributed by atoms with Crippen LogP contribution in [0.1, 0.15) is 51.2 Å². The molecule has 14 heteroatoms. The average molecular weight is 641 g/mol. The van der Waals surface area contributed by atoms with Crippen LogP contribution in [0.4, 0.5) is 13.2 Å². The molecule has 1 aliphatic rings. The van der Waals surface area contributed by atoms with E-state index >= 15 is 0 Å². The number of nitrogens with zero attached hydrogens (tertiary/aromatic N) is 4. The molecule has 1 aliphatic heterocycles. The van der Waals surface area contributed by atoms with E-state index in [1.165, 1.54) is 7.11 Å². The van der Waals surface area contributed by atoms with Crippen molar-refractivity contribution in [3.8, 4) is 16.1 Å². The van der Waals surface area contributed by atoms with Crippen LogP contribution in [0.2, 0.25) is 0 Å². The molecule has 0 spiro atoms. The first-order valence-electron chi connectivity index (χ1n) is 13.6. The molecule has 5 rings (SSSR count). The van der Waals surface area contributed by atoms with E-state index in [-0.39, 0.29) is 13.0 Å². The smallest absolute Gasteiger partial charge is 0.469 e. The lowest BCUT2D eigenvalue weighted by atomic mass is 9.96. The number of aliphatic imine (C=N–C) groups is 1. The van der Waals surface area contributed by atoms with E-state index in [2.05, 4.69) is 21.9 Å². The summed E-state index contributed by atoms with van der Waals surface area (Å²) < 4.78 is 52.3. The maximum absolute atomic E-state index is 12.3. The number of carbonyl (C=O) groups excluding carboxylic acids is 3. The molecule has 3 heterocycles. The summed E-state index contributed by atoms with van der Waals surface area (Å²) in [5.74, 6) is -3.16. The fraction of sp³-hybridized carbons (Fsp3) is 0.290. The van der Waals surface area contributed by atoms with Crippen molar-refractivity contribution in [3.05, 3.63) is 87.3 Å². The van der Waals surface area contributed by atoms with Crippen molar-refractivity contribution in [2.24, 2.45) is 4.99 Å². The van der Waals surface area contributed by atoms with Gasteiger partial charge in [-0.25, -0.2) is 9.59 Å². The average Bonchev–Trinajstić information content (AvgIpc) is 3.48. The molecular formula is C31H27F3N4O6S. The number of thiophene rings is 1. The fourth-order valence-corrected chi connectivity index (χ4v) is 6.04. The lowest BCUT2D eigenvalue weighted by Gasteiger charge is -2.12. The van der Waals surface area contributed by atoms with E-state index in [1.807, 2.05) is 54.8 Å². The summed E-state index contributed by atoms with van der Waals surface area (Å²) in [6.07, 6.45) is -5.25. The minimum atomic E-state index is -5.26. The van der Waals surface area contributed by atoms with Crippen molar-refractivity contribution < 1.29 is 41.8 Å². The third-order valence-electron chi connectivity index (χ3n) is 7.20. The first kappa shape index (κ1) is 31.7. The minimum absolute atomic E-state index is 0.00607. The van der Waals surface area contributed by atoms with Gasteiger partial charge in [0.1, 0.15) is 23.5 Å². The summed E-state index contributed by atoms with van der Waals surface area (Å²) >= 11 is 1.62. The number of halogens is 3. The van der Waals surface area contributed by atoms with E-state index in [4.69, 9.17) is 14.5 Å². The van der Waals surface area contributed by atoms with Gasteiger partial charge in [0.15, 0.2) is 5.82 Å². The Morgan fingerprint density at radius 1 is 0.911 bits per heavy atom. The van der Waals surface area contributed by atoms with Gasteiger partial charge in [-0.3, -0.25) is 14.4 Å². The first-order chi connectivity index (χ1) is 21.4. The molecule has 2 aromatic heterocycles. The monoisotopic (exact) mass is 640 g/mol. The summed E-state index contributed by atoms with van der Waals surface area (Å²) in [4.78, 5) is 40.7. The van der Waals surface area contributed by atoms with Crippen molar-refractivity contribution in [1.82, 2.24) is 14.8 Å². The van der Waals surface area contributed by atoms with E-state index < -0.39 is 36.7 Å². The molecule has 0 saturated carbocycles. The van der Waals surface area contributed by atoms with Crippen molar-refractivity contribution >= 4 is 35.0 Å². The van der Waals surface area contributed by atoms with Crippen molar-refractivity contribution in [3.63, 3.8) is 0 Å². The van der Waals surface area contributed by atoms with Gasteiger partial charge < -0.3 is 14.2 Å². The summed E-state index contributed by atoms with van der Waals surface area (Å²) in [6.45, 7) is 5.08. The zero-order valence-corrected chi connectivity index (χ0v) is 25.4. The van der Waals surface area contributed by atoms with Crippen molar-refractivity contribution in [2.45, 2.75) is 46.0 Å². The van der Waals surface area contributed by atoms with Gasteiger partial charge in [-0.05, 0) is 43.0 Å². The Morgan fingerprint density at radius 2 is 1.53 bits per heavy atom. The first-order valence-corrected chi connectivity index (χ1v) is 14.5. The van der Waals surface area contributed by atoms with Crippen LogP contribution in [0.5, 0.6) is 0 Å². The maximum Gasteiger partial charge on any atom is 0.491 e. The highest BCUT2D eigenvalue weighted by atomic mass is 32.1. The molecule has 0 unspecified atom stereocenters. The normalized spacial score (nSPS) is 14.2. The quantitative estimate of drug-likeness (QED) is 0.182. The van der Waals surface area contributed by atoms with Gasteiger partial charge in [0, 0.05) is 16.0 Å². The van der Waals surface area contributed by atoms with Crippen LogP contribution < -0.4 is 0 Å². The van der Waals surface area contributed by atoms with Gasteiger partial charge in [0.05, 0.1) is 25.8 Å². The number of hydrogen-bond acceptors (Lipinski definition) is 10. The number of alkyl halides is 3. The molecule has 0 fully saturated rings. The Hall–Kier alpha value is -4.69. The van der Waals surface area contributed by atoms with Gasteiger partial charge in [-0.2, -0.15) is 13.2 Å². The Bertz CT molecular complexity index is 1790. The largest absolute Gasteiger partial charge is 0.491 e. The molecule has 10 nitrogen and oxygen atoms in total. The number of carbonyl (C=O) groups is 3. The highest BCUT2D eigenvalue weighted by Crippen LogP contribution is 2.39. The Labute approximate surface area is 259 Å². The molecule has 45 heavy (non-hydrogen) atoms.